The topological polar surface area (TPSA) is 109 Å². The predicted octanol–water partition coefficient (Wildman–Crippen LogP) is 1.31. The fourth-order valence-corrected chi connectivity index (χ4v) is 1.97. The van der Waals surface area contributed by atoms with E-state index in [0.29, 0.717) is 11.5 Å². The SMILES string of the molecule is C=CC(N)n1c(-c2nonc2N)nc2ccccc21. The van der Waals surface area contributed by atoms with Crippen LogP contribution in [0.4, 0.5) is 5.82 Å². The molecule has 0 saturated heterocycles. The van der Waals surface area contributed by atoms with E-state index in [1.165, 1.54) is 0 Å². The molecular formula is C12H12N6O. The molecule has 3 rings (SSSR count). The Bertz CT molecular complexity index is 744. The monoisotopic (exact) mass is 256 g/mol. The molecule has 0 bridgehead atoms. The fourth-order valence-electron chi connectivity index (χ4n) is 1.97. The zero-order valence-electron chi connectivity index (χ0n) is 10.0. The summed E-state index contributed by atoms with van der Waals surface area (Å²) in [6, 6.07) is 7.60. The van der Waals surface area contributed by atoms with Crippen LogP contribution in [0, 0.1) is 0 Å². The van der Waals surface area contributed by atoms with Gasteiger partial charge in [0.2, 0.25) is 0 Å². The number of fused-ring (bicyclic) bond motifs is 1. The van der Waals surface area contributed by atoms with Gasteiger partial charge >= 0.3 is 0 Å². The van der Waals surface area contributed by atoms with Crippen molar-refractivity contribution >= 4 is 16.9 Å². The van der Waals surface area contributed by atoms with Gasteiger partial charge in [-0.25, -0.2) is 9.61 Å². The van der Waals surface area contributed by atoms with Gasteiger partial charge < -0.3 is 16.0 Å². The van der Waals surface area contributed by atoms with Gasteiger partial charge in [0.15, 0.2) is 17.3 Å². The number of nitrogens with zero attached hydrogens (tertiary/aromatic N) is 4. The lowest BCUT2D eigenvalue weighted by Crippen LogP contribution is -2.17. The number of anilines is 1. The average molecular weight is 256 g/mol. The minimum Gasteiger partial charge on any atom is -0.379 e. The van der Waals surface area contributed by atoms with E-state index in [1.807, 2.05) is 24.3 Å². The maximum absolute atomic E-state index is 6.05. The smallest absolute Gasteiger partial charge is 0.199 e. The van der Waals surface area contributed by atoms with E-state index in [0.717, 1.165) is 11.0 Å². The minimum atomic E-state index is -0.446. The van der Waals surface area contributed by atoms with Gasteiger partial charge in [0.05, 0.1) is 11.0 Å². The van der Waals surface area contributed by atoms with Gasteiger partial charge in [0.1, 0.15) is 6.17 Å². The second-order valence-electron chi connectivity index (χ2n) is 4.02. The second-order valence-corrected chi connectivity index (χ2v) is 4.02. The Morgan fingerprint density at radius 2 is 2.11 bits per heavy atom. The highest BCUT2D eigenvalue weighted by molar-refractivity contribution is 5.81. The van der Waals surface area contributed by atoms with Crippen molar-refractivity contribution in [3.05, 3.63) is 36.9 Å². The van der Waals surface area contributed by atoms with Crippen LogP contribution in [-0.4, -0.2) is 19.9 Å². The molecule has 0 radical (unpaired) electrons. The van der Waals surface area contributed by atoms with Crippen LogP contribution in [0.15, 0.2) is 41.5 Å². The Morgan fingerprint density at radius 3 is 2.79 bits per heavy atom. The number of imidazole rings is 1. The molecule has 0 amide bonds. The lowest BCUT2D eigenvalue weighted by atomic mass is 10.3. The Kier molecular flexibility index (Phi) is 2.53. The van der Waals surface area contributed by atoms with E-state index in [1.54, 1.807) is 10.6 Å². The molecular weight excluding hydrogens is 244 g/mol. The third kappa shape index (κ3) is 1.67. The second kappa shape index (κ2) is 4.21. The van der Waals surface area contributed by atoms with Crippen LogP contribution in [0.5, 0.6) is 0 Å². The Labute approximate surface area is 108 Å². The summed E-state index contributed by atoms with van der Waals surface area (Å²) in [4.78, 5) is 4.48. The molecule has 0 spiro atoms. The summed E-state index contributed by atoms with van der Waals surface area (Å²) in [5.74, 6) is 0.681. The number of nitrogens with two attached hydrogens (primary N) is 2. The molecule has 2 aromatic heterocycles. The molecule has 2 heterocycles. The van der Waals surface area contributed by atoms with E-state index < -0.39 is 6.17 Å². The first-order valence-electron chi connectivity index (χ1n) is 5.66. The molecule has 0 aliphatic rings. The summed E-state index contributed by atoms with van der Waals surface area (Å²) in [7, 11) is 0. The number of para-hydroxylation sites is 2. The van der Waals surface area contributed by atoms with Gasteiger partial charge in [-0.05, 0) is 22.4 Å². The van der Waals surface area contributed by atoms with Crippen LogP contribution in [0.1, 0.15) is 6.17 Å². The number of aromatic nitrogens is 4. The van der Waals surface area contributed by atoms with Crippen molar-refractivity contribution in [2.24, 2.45) is 5.73 Å². The molecule has 0 aliphatic heterocycles. The summed E-state index contributed by atoms with van der Waals surface area (Å²) in [6.07, 6.45) is 1.17. The lowest BCUT2D eigenvalue weighted by molar-refractivity contribution is 0.310. The maximum atomic E-state index is 6.05. The van der Waals surface area contributed by atoms with Crippen LogP contribution < -0.4 is 11.5 Å². The summed E-state index contributed by atoms with van der Waals surface area (Å²) < 4.78 is 6.41. The third-order valence-electron chi connectivity index (χ3n) is 2.86. The number of hydrogen-bond donors (Lipinski definition) is 2. The minimum absolute atomic E-state index is 0.174. The van der Waals surface area contributed by atoms with Crippen LogP contribution >= 0.6 is 0 Å². The fraction of sp³-hybridized carbons (Fsp3) is 0.0833. The van der Waals surface area contributed by atoms with Crippen molar-refractivity contribution < 1.29 is 4.63 Å². The van der Waals surface area contributed by atoms with Crippen molar-refractivity contribution in [2.75, 3.05) is 5.73 Å². The first-order chi connectivity index (χ1) is 9.22. The Hall–Kier alpha value is -2.67. The van der Waals surface area contributed by atoms with Crippen LogP contribution in [0.2, 0.25) is 0 Å². The molecule has 96 valence electrons. The van der Waals surface area contributed by atoms with Gasteiger partial charge in [-0.3, -0.25) is 0 Å². The molecule has 1 aromatic carbocycles. The largest absolute Gasteiger partial charge is 0.379 e. The van der Waals surface area contributed by atoms with E-state index >= 15 is 0 Å². The lowest BCUT2D eigenvalue weighted by Gasteiger charge is -2.12. The van der Waals surface area contributed by atoms with Gasteiger partial charge in [0, 0.05) is 0 Å². The first-order valence-corrected chi connectivity index (χ1v) is 5.66. The average Bonchev–Trinajstić information content (AvgIpc) is 3.00. The van der Waals surface area contributed by atoms with Crippen molar-refractivity contribution in [3.63, 3.8) is 0 Å². The first kappa shape index (κ1) is 11.4. The molecule has 7 heteroatoms. The zero-order valence-corrected chi connectivity index (χ0v) is 10.0. The maximum Gasteiger partial charge on any atom is 0.199 e. The van der Waals surface area contributed by atoms with E-state index in [-0.39, 0.29) is 5.82 Å². The number of rotatable bonds is 3. The van der Waals surface area contributed by atoms with Gasteiger partial charge in [-0.15, -0.1) is 0 Å². The summed E-state index contributed by atoms with van der Waals surface area (Å²) in [5, 5.41) is 7.34. The molecule has 4 N–H and O–H groups in total. The molecule has 1 unspecified atom stereocenters. The number of nitrogen functional groups attached to an aromatic ring is 1. The quantitative estimate of drug-likeness (QED) is 0.684. The highest BCUT2D eigenvalue weighted by Gasteiger charge is 2.20. The molecule has 0 saturated carbocycles. The van der Waals surface area contributed by atoms with E-state index in [9.17, 15) is 0 Å². The van der Waals surface area contributed by atoms with Crippen molar-refractivity contribution in [1.29, 1.82) is 0 Å². The van der Waals surface area contributed by atoms with Crippen molar-refractivity contribution in [2.45, 2.75) is 6.17 Å². The Balaban J connectivity index is 2.35. The van der Waals surface area contributed by atoms with Gasteiger partial charge in [-0.2, -0.15) is 0 Å². The molecule has 0 fully saturated rings. The number of hydrogen-bond acceptors (Lipinski definition) is 6. The van der Waals surface area contributed by atoms with E-state index in [4.69, 9.17) is 11.5 Å². The Morgan fingerprint density at radius 1 is 1.32 bits per heavy atom. The standard InChI is InChI=1S/C12H12N6O/c1-2-9(13)18-8-6-4-3-5-7(8)15-12(18)10-11(14)17-19-16-10/h2-6,9H,1,13H2,(H2,14,17). The number of benzene rings is 1. The van der Waals surface area contributed by atoms with E-state index in [2.05, 4.69) is 26.5 Å². The summed E-state index contributed by atoms with van der Waals surface area (Å²) in [6.45, 7) is 3.70. The molecule has 3 aromatic rings. The summed E-state index contributed by atoms with van der Waals surface area (Å²) in [5.41, 5.74) is 13.8. The predicted molar refractivity (Wildman–Crippen MR) is 70.9 cm³/mol. The van der Waals surface area contributed by atoms with Crippen LogP contribution in [0.25, 0.3) is 22.6 Å². The zero-order chi connectivity index (χ0) is 13.4. The third-order valence-corrected chi connectivity index (χ3v) is 2.86. The van der Waals surface area contributed by atoms with Crippen molar-refractivity contribution in [1.82, 2.24) is 19.9 Å². The highest BCUT2D eigenvalue weighted by Crippen LogP contribution is 2.28. The highest BCUT2D eigenvalue weighted by atomic mass is 16.6. The molecule has 1 atom stereocenters. The van der Waals surface area contributed by atoms with Crippen LogP contribution in [-0.2, 0) is 0 Å². The summed E-state index contributed by atoms with van der Waals surface area (Å²) >= 11 is 0. The van der Waals surface area contributed by atoms with Crippen LogP contribution in [0.3, 0.4) is 0 Å². The van der Waals surface area contributed by atoms with Crippen molar-refractivity contribution in [3.8, 4) is 11.5 Å². The molecule has 0 aliphatic carbocycles. The normalized spacial score (nSPS) is 12.7. The molecule has 19 heavy (non-hydrogen) atoms. The van der Waals surface area contributed by atoms with Gasteiger partial charge in [-0.1, -0.05) is 24.8 Å². The molecule has 7 nitrogen and oxygen atoms in total. The van der Waals surface area contributed by atoms with Gasteiger partial charge in [0.25, 0.3) is 0 Å².